The Morgan fingerprint density at radius 3 is 2.72 bits per heavy atom. The molecular weight excluding hydrogens is 254 g/mol. The van der Waals surface area contributed by atoms with Gasteiger partial charge in [-0.1, -0.05) is 11.6 Å². The smallest absolute Gasteiger partial charge is 0.259 e. The van der Waals surface area contributed by atoms with Crippen LogP contribution < -0.4 is 10.1 Å². The van der Waals surface area contributed by atoms with Gasteiger partial charge in [0, 0.05) is 5.69 Å². The number of methoxy groups -OCH3 is 1. The highest BCUT2D eigenvalue weighted by Crippen LogP contribution is 2.27. The van der Waals surface area contributed by atoms with E-state index in [1.165, 1.54) is 13.4 Å². The van der Waals surface area contributed by atoms with E-state index in [2.05, 4.69) is 5.32 Å². The fraction of sp³-hybridized carbons (Fsp3) is 0.154. The van der Waals surface area contributed by atoms with Gasteiger partial charge < -0.3 is 14.5 Å². The summed E-state index contributed by atoms with van der Waals surface area (Å²) < 4.78 is 10.1. The van der Waals surface area contributed by atoms with E-state index in [0.29, 0.717) is 27.8 Å². The number of ether oxygens (including phenoxy) is 1. The summed E-state index contributed by atoms with van der Waals surface area (Å²) in [5, 5.41) is 3.18. The average molecular weight is 266 g/mol. The standard InChI is InChI=1S/C13H12ClNO3/c1-8-10(5-6-18-8)13(16)15-9-3-4-12(17-2)11(14)7-9/h3-7H,1-2H3,(H,15,16). The Bertz CT molecular complexity index is 577. The highest BCUT2D eigenvalue weighted by Gasteiger charge is 2.12. The molecule has 0 unspecified atom stereocenters. The molecule has 94 valence electrons. The Morgan fingerprint density at radius 1 is 1.39 bits per heavy atom. The van der Waals surface area contributed by atoms with Crippen molar-refractivity contribution in [1.29, 1.82) is 0 Å². The fourth-order valence-corrected chi connectivity index (χ4v) is 1.82. The Hall–Kier alpha value is -1.94. The van der Waals surface area contributed by atoms with Crippen LogP contribution >= 0.6 is 11.6 Å². The molecule has 18 heavy (non-hydrogen) atoms. The van der Waals surface area contributed by atoms with E-state index in [0.717, 1.165) is 0 Å². The summed E-state index contributed by atoms with van der Waals surface area (Å²) >= 11 is 5.97. The molecule has 5 heteroatoms. The van der Waals surface area contributed by atoms with Crippen molar-refractivity contribution in [2.75, 3.05) is 12.4 Å². The number of anilines is 1. The molecule has 0 fully saturated rings. The van der Waals surface area contributed by atoms with Gasteiger partial charge in [0.2, 0.25) is 0 Å². The Kier molecular flexibility index (Phi) is 3.58. The number of hydrogen-bond acceptors (Lipinski definition) is 3. The fourth-order valence-electron chi connectivity index (χ4n) is 1.56. The van der Waals surface area contributed by atoms with Crippen LogP contribution in [-0.4, -0.2) is 13.0 Å². The van der Waals surface area contributed by atoms with Crippen molar-refractivity contribution in [3.05, 3.63) is 46.9 Å². The van der Waals surface area contributed by atoms with E-state index < -0.39 is 0 Å². The largest absolute Gasteiger partial charge is 0.495 e. The summed E-state index contributed by atoms with van der Waals surface area (Å²) in [5.74, 6) is 0.906. The predicted molar refractivity (Wildman–Crippen MR) is 69.4 cm³/mol. The number of nitrogens with one attached hydrogen (secondary N) is 1. The minimum atomic E-state index is -0.234. The number of aryl methyl sites for hydroxylation is 1. The zero-order valence-corrected chi connectivity index (χ0v) is 10.7. The topological polar surface area (TPSA) is 51.5 Å². The van der Waals surface area contributed by atoms with Crippen molar-refractivity contribution in [3.63, 3.8) is 0 Å². The number of benzene rings is 1. The van der Waals surface area contributed by atoms with Gasteiger partial charge in [0.15, 0.2) is 0 Å². The van der Waals surface area contributed by atoms with E-state index >= 15 is 0 Å². The Labute approximate surface area is 110 Å². The first-order valence-electron chi connectivity index (χ1n) is 5.31. The first-order chi connectivity index (χ1) is 8.61. The molecule has 0 aliphatic carbocycles. The number of halogens is 1. The van der Waals surface area contributed by atoms with Crippen molar-refractivity contribution in [1.82, 2.24) is 0 Å². The molecular formula is C13H12ClNO3. The van der Waals surface area contributed by atoms with Crippen LogP contribution in [0.1, 0.15) is 16.1 Å². The average Bonchev–Trinajstić information content (AvgIpc) is 2.76. The molecule has 0 aliphatic heterocycles. The van der Waals surface area contributed by atoms with E-state index in [-0.39, 0.29) is 5.91 Å². The minimum absolute atomic E-state index is 0.234. The van der Waals surface area contributed by atoms with Crippen molar-refractivity contribution in [2.24, 2.45) is 0 Å². The molecule has 2 rings (SSSR count). The van der Waals surface area contributed by atoms with Gasteiger partial charge >= 0.3 is 0 Å². The molecule has 0 spiro atoms. The van der Waals surface area contributed by atoms with Crippen LogP contribution in [0.25, 0.3) is 0 Å². The van der Waals surface area contributed by atoms with E-state index in [1.807, 2.05) is 0 Å². The number of rotatable bonds is 3. The SMILES string of the molecule is COc1ccc(NC(=O)c2ccoc2C)cc1Cl. The van der Waals surface area contributed by atoms with E-state index in [9.17, 15) is 4.79 Å². The highest BCUT2D eigenvalue weighted by atomic mass is 35.5. The summed E-state index contributed by atoms with van der Waals surface area (Å²) in [6.07, 6.45) is 1.48. The van der Waals surface area contributed by atoms with Crippen molar-refractivity contribution in [2.45, 2.75) is 6.92 Å². The second-order valence-electron chi connectivity index (χ2n) is 3.69. The molecule has 1 amide bonds. The summed E-state index contributed by atoms with van der Waals surface area (Å²) in [7, 11) is 1.54. The molecule has 2 aromatic rings. The van der Waals surface area contributed by atoms with E-state index in [1.54, 1.807) is 31.2 Å². The van der Waals surface area contributed by atoms with E-state index in [4.69, 9.17) is 20.8 Å². The lowest BCUT2D eigenvalue weighted by Gasteiger charge is -2.07. The Balaban J connectivity index is 2.17. The second kappa shape index (κ2) is 5.14. The summed E-state index contributed by atoms with van der Waals surface area (Å²) in [4.78, 5) is 11.9. The molecule has 1 heterocycles. The first kappa shape index (κ1) is 12.5. The van der Waals surface area contributed by atoms with Crippen LogP contribution in [0.3, 0.4) is 0 Å². The molecule has 0 saturated carbocycles. The first-order valence-corrected chi connectivity index (χ1v) is 5.68. The van der Waals surface area contributed by atoms with Crippen molar-refractivity contribution < 1.29 is 13.9 Å². The number of amides is 1. The van der Waals surface area contributed by atoms with Crippen LogP contribution in [0.4, 0.5) is 5.69 Å². The quantitative estimate of drug-likeness (QED) is 0.924. The molecule has 1 aromatic heterocycles. The summed E-state index contributed by atoms with van der Waals surface area (Å²) in [6, 6.07) is 6.67. The summed E-state index contributed by atoms with van der Waals surface area (Å²) in [6.45, 7) is 1.73. The van der Waals surface area contributed by atoms with Crippen LogP contribution in [0.15, 0.2) is 34.9 Å². The van der Waals surface area contributed by atoms with Crippen LogP contribution in [-0.2, 0) is 0 Å². The van der Waals surface area contributed by atoms with Gasteiger partial charge in [-0.2, -0.15) is 0 Å². The maximum atomic E-state index is 11.9. The molecule has 0 bridgehead atoms. The molecule has 0 aliphatic rings. The maximum Gasteiger partial charge on any atom is 0.259 e. The van der Waals surface area contributed by atoms with Gasteiger partial charge in [0.1, 0.15) is 11.5 Å². The normalized spacial score (nSPS) is 10.2. The highest BCUT2D eigenvalue weighted by molar-refractivity contribution is 6.32. The summed E-state index contributed by atoms with van der Waals surface area (Å²) in [5.41, 5.74) is 1.10. The second-order valence-corrected chi connectivity index (χ2v) is 4.10. The number of hydrogen-bond donors (Lipinski definition) is 1. The molecule has 0 radical (unpaired) electrons. The lowest BCUT2D eigenvalue weighted by atomic mass is 10.2. The van der Waals surface area contributed by atoms with Crippen LogP contribution in [0.5, 0.6) is 5.75 Å². The zero-order valence-electron chi connectivity index (χ0n) is 9.99. The Morgan fingerprint density at radius 2 is 2.17 bits per heavy atom. The molecule has 1 N–H and O–H groups in total. The molecule has 0 atom stereocenters. The minimum Gasteiger partial charge on any atom is -0.495 e. The third-order valence-corrected chi connectivity index (χ3v) is 2.81. The predicted octanol–water partition coefficient (Wildman–Crippen LogP) is 3.50. The third kappa shape index (κ3) is 2.49. The van der Waals surface area contributed by atoms with Gasteiger partial charge in [-0.3, -0.25) is 4.79 Å². The van der Waals surface area contributed by atoms with Gasteiger partial charge in [0.05, 0.1) is 24.0 Å². The number of carbonyl (C=O) groups excluding carboxylic acids is 1. The van der Waals surface area contributed by atoms with Gasteiger partial charge in [-0.25, -0.2) is 0 Å². The molecule has 4 nitrogen and oxygen atoms in total. The molecule has 1 aromatic carbocycles. The zero-order chi connectivity index (χ0) is 13.1. The molecule has 0 saturated heterocycles. The number of carbonyl (C=O) groups is 1. The third-order valence-electron chi connectivity index (χ3n) is 2.51. The lowest BCUT2D eigenvalue weighted by Crippen LogP contribution is -2.12. The van der Waals surface area contributed by atoms with Crippen LogP contribution in [0, 0.1) is 6.92 Å². The van der Waals surface area contributed by atoms with Crippen molar-refractivity contribution in [3.8, 4) is 5.75 Å². The van der Waals surface area contributed by atoms with Gasteiger partial charge in [-0.05, 0) is 31.2 Å². The maximum absolute atomic E-state index is 11.9. The van der Waals surface area contributed by atoms with Crippen molar-refractivity contribution >= 4 is 23.2 Å². The van der Waals surface area contributed by atoms with Gasteiger partial charge in [0.25, 0.3) is 5.91 Å². The van der Waals surface area contributed by atoms with Crippen LogP contribution in [0.2, 0.25) is 5.02 Å². The number of furan rings is 1. The van der Waals surface area contributed by atoms with Gasteiger partial charge in [-0.15, -0.1) is 0 Å². The lowest BCUT2D eigenvalue weighted by molar-refractivity contribution is 0.102. The monoisotopic (exact) mass is 265 g/mol.